The molecule has 0 radical (unpaired) electrons. The highest BCUT2D eigenvalue weighted by Crippen LogP contribution is 2.51. The number of thiophene rings is 1. The van der Waals surface area contributed by atoms with E-state index in [2.05, 4.69) is 5.32 Å². The predicted molar refractivity (Wildman–Crippen MR) is 65.9 cm³/mol. The second-order valence-corrected chi connectivity index (χ2v) is 4.88. The van der Waals surface area contributed by atoms with Gasteiger partial charge in [0.2, 0.25) is 0 Å². The lowest BCUT2D eigenvalue weighted by Gasteiger charge is -2.06. The fraction of sp³-hybridized carbons (Fsp3) is 0.167. The molecule has 2 aromatic rings. The molecule has 0 bridgehead atoms. The van der Waals surface area contributed by atoms with Crippen LogP contribution in [0, 0.1) is 11.6 Å². The Balaban J connectivity index is 2.67. The third kappa shape index (κ3) is 2.43. The molecule has 20 heavy (non-hydrogen) atoms. The third-order valence-electron chi connectivity index (χ3n) is 2.58. The summed E-state index contributed by atoms with van der Waals surface area (Å²) >= 11 is 0.296. The largest absolute Gasteiger partial charge is 0.506 e. The van der Waals surface area contributed by atoms with Gasteiger partial charge in [0.05, 0.1) is 5.56 Å². The Bertz CT molecular complexity index is 650. The second-order valence-electron chi connectivity index (χ2n) is 3.86. The van der Waals surface area contributed by atoms with Crippen LogP contribution >= 0.6 is 11.3 Å². The van der Waals surface area contributed by atoms with Crippen molar-refractivity contribution in [2.45, 2.75) is 6.18 Å². The lowest BCUT2D eigenvalue weighted by molar-refractivity contribution is -0.135. The molecule has 0 spiro atoms. The van der Waals surface area contributed by atoms with E-state index in [0.717, 1.165) is 18.2 Å². The summed E-state index contributed by atoms with van der Waals surface area (Å²) in [5.74, 6) is -3.33. The van der Waals surface area contributed by atoms with Crippen molar-refractivity contribution in [3.8, 4) is 16.9 Å². The van der Waals surface area contributed by atoms with E-state index in [1.165, 1.54) is 7.05 Å². The van der Waals surface area contributed by atoms with Gasteiger partial charge >= 0.3 is 6.18 Å². The molecule has 2 rings (SSSR count). The normalized spacial score (nSPS) is 11.7. The molecule has 0 unspecified atom stereocenters. The van der Waals surface area contributed by atoms with Crippen molar-refractivity contribution < 1.29 is 27.1 Å². The number of benzene rings is 1. The van der Waals surface area contributed by atoms with Crippen LogP contribution in [0.15, 0.2) is 18.2 Å². The van der Waals surface area contributed by atoms with Crippen molar-refractivity contribution in [1.29, 1.82) is 0 Å². The van der Waals surface area contributed by atoms with Gasteiger partial charge in [0.15, 0.2) is 16.5 Å². The molecule has 8 heteroatoms. The van der Waals surface area contributed by atoms with Crippen LogP contribution in [0.5, 0.6) is 5.75 Å². The summed E-state index contributed by atoms with van der Waals surface area (Å²) in [6, 6.07) is 2.62. The Morgan fingerprint density at radius 1 is 1.15 bits per heavy atom. The van der Waals surface area contributed by atoms with Gasteiger partial charge in [-0.15, -0.1) is 11.3 Å². The molecule has 0 saturated heterocycles. The molecule has 2 nitrogen and oxygen atoms in total. The zero-order valence-corrected chi connectivity index (χ0v) is 10.8. The molecule has 1 aromatic heterocycles. The summed E-state index contributed by atoms with van der Waals surface area (Å²) in [6.45, 7) is 0. The topological polar surface area (TPSA) is 32.3 Å². The van der Waals surface area contributed by atoms with Crippen molar-refractivity contribution >= 4 is 16.3 Å². The number of alkyl halides is 3. The molecule has 0 saturated carbocycles. The van der Waals surface area contributed by atoms with Crippen molar-refractivity contribution in [2.24, 2.45) is 0 Å². The van der Waals surface area contributed by atoms with E-state index < -0.39 is 28.4 Å². The van der Waals surface area contributed by atoms with Gasteiger partial charge in [-0.3, -0.25) is 0 Å². The zero-order valence-electron chi connectivity index (χ0n) is 9.98. The highest BCUT2D eigenvalue weighted by Gasteiger charge is 2.39. The first kappa shape index (κ1) is 14.6. The fourth-order valence-corrected chi connectivity index (χ4v) is 2.65. The van der Waals surface area contributed by atoms with Crippen LogP contribution < -0.4 is 5.32 Å². The van der Waals surface area contributed by atoms with E-state index in [1.54, 1.807) is 0 Å². The molecule has 0 aliphatic heterocycles. The van der Waals surface area contributed by atoms with E-state index >= 15 is 0 Å². The average Bonchev–Trinajstić information content (AvgIpc) is 2.69. The van der Waals surface area contributed by atoms with Crippen LogP contribution in [0.25, 0.3) is 11.1 Å². The number of anilines is 1. The smallest absolute Gasteiger partial charge is 0.429 e. The summed E-state index contributed by atoms with van der Waals surface area (Å²) < 4.78 is 64.2. The number of hydrogen-bond donors (Lipinski definition) is 2. The maximum absolute atomic E-state index is 13.2. The Hall–Kier alpha value is -1.83. The van der Waals surface area contributed by atoms with Gasteiger partial charge in [0.25, 0.3) is 0 Å². The van der Waals surface area contributed by atoms with E-state index in [4.69, 9.17) is 0 Å². The number of halogens is 5. The number of hydrogen-bond acceptors (Lipinski definition) is 3. The lowest BCUT2D eigenvalue weighted by atomic mass is 10.1. The van der Waals surface area contributed by atoms with Crippen LogP contribution in [-0.2, 0) is 6.18 Å². The second kappa shape index (κ2) is 4.93. The van der Waals surface area contributed by atoms with Crippen LogP contribution in [0.2, 0.25) is 0 Å². The van der Waals surface area contributed by atoms with Crippen molar-refractivity contribution in [3.05, 3.63) is 34.7 Å². The fourth-order valence-electron chi connectivity index (χ4n) is 1.71. The highest BCUT2D eigenvalue weighted by atomic mass is 32.1. The highest BCUT2D eigenvalue weighted by molar-refractivity contribution is 7.17. The molecule has 2 N–H and O–H groups in total. The van der Waals surface area contributed by atoms with E-state index in [1.807, 2.05) is 0 Å². The van der Waals surface area contributed by atoms with Crippen LogP contribution in [0.3, 0.4) is 0 Å². The molecule has 108 valence electrons. The Kier molecular flexibility index (Phi) is 3.59. The van der Waals surface area contributed by atoms with Gasteiger partial charge in [-0.1, -0.05) is 6.07 Å². The molecular weight excluding hydrogens is 301 g/mol. The van der Waals surface area contributed by atoms with Crippen LogP contribution in [-0.4, -0.2) is 12.2 Å². The molecule has 1 aromatic carbocycles. The summed E-state index contributed by atoms with van der Waals surface area (Å²) in [4.78, 5) is -1.19. The number of aromatic hydroxyl groups is 1. The zero-order chi connectivity index (χ0) is 15.1. The molecule has 0 aliphatic carbocycles. The van der Waals surface area contributed by atoms with E-state index in [0.29, 0.717) is 11.3 Å². The van der Waals surface area contributed by atoms with Gasteiger partial charge in [0.1, 0.15) is 10.8 Å². The monoisotopic (exact) mass is 309 g/mol. The first-order valence-electron chi connectivity index (χ1n) is 5.31. The van der Waals surface area contributed by atoms with Gasteiger partial charge in [0, 0.05) is 7.05 Å². The number of rotatable bonds is 2. The summed E-state index contributed by atoms with van der Waals surface area (Å²) in [5, 5.41) is 12.2. The quantitative estimate of drug-likeness (QED) is 0.803. The minimum atomic E-state index is -4.73. The predicted octanol–water partition coefficient (Wildman–Crippen LogP) is 4.46. The van der Waals surface area contributed by atoms with E-state index in [9.17, 15) is 27.1 Å². The molecule has 1 heterocycles. The molecule has 0 fully saturated rings. The Morgan fingerprint density at radius 3 is 2.30 bits per heavy atom. The Morgan fingerprint density at radius 2 is 1.80 bits per heavy atom. The lowest BCUT2D eigenvalue weighted by Crippen LogP contribution is -2.01. The maximum Gasteiger partial charge on any atom is 0.429 e. The SMILES string of the molecule is CNc1sc(C(F)(F)F)c(O)c1-c1ccc(F)c(F)c1. The van der Waals surface area contributed by atoms with Crippen LogP contribution in [0.1, 0.15) is 4.88 Å². The minimum absolute atomic E-state index is 0.0147. The summed E-state index contributed by atoms with van der Waals surface area (Å²) in [6.07, 6.45) is -4.73. The summed E-state index contributed by atoms with van der Waals surface area (Å²) in [5.41, 5.74) is -0.249. The standard InChI is InChI=1S/C12H8F5NOS/c1-18-11-8(5-2-3-6(13)7(14)4-5)9(19)10(20-11)12(15,16)17/h2-4,18-19H,1H3. The van der Waals surface area contributed by atoms with Crippen LogP contribution in [0.4, 0.5) is 27.0 Å². The van der Waals surface area contributed by atoms with Crippen molar-refractivity contribution in [2.75, 3.05) is 12.4 Å². The van der Waals surface area contributed by atoms with Gasteiger partial charge in [-0.2, -0.15) is 13.2 Å². The first-order valence-corrected chi connectivity index (χ1v) is 6.13. The van der Waals surface area contributed by atoms with E-state index in [-0.39, 0.29) is 16.1 Å². The summed E-state index contributed by atoms with van der Waals surface area (Å²) in [7, 11) is 1.37. The molecule has 0 aliphatic rings. The Labute approximate surface area is 114 Å². The average molecular weight is 309 g/mol. The van der Waals surface area contributed by atoms with Crippen molar-refractivity contribution in [1.82, 2.24) is 0 Å². The first-order chi connectivity index (χ1) is 9.25. The molecular formula is C12H8F5NOS. The van der Waals surface area contributed by atoms with Gasteiger partial charge in [-0.25, -0.2) is 8.78 Å². The number of nitrogens with one attached hydrogen (secondary N) is 1. The maximum atomic E-state index is 13.2. The third-order valence-corrected chi connectivity index (χ3v) is 3.82. The van der Waals surface area contributed by atoms with Gasteiger partial charge < -0.3 is 10.4 Å². The molecule has 0 amide bonds. The molecule has 0 atom stereocenters. The minimum Gasteiger partial charge on any atom is -0.506 e. The van der Waals surface area contributed by atoms with Gasteiger partial charge in [-0.05, 0) is 17.7 Å². The van der Waals surface area contributed by atoms with Crippen molar-refractivity contribution in [3.63, 3.8) is 0 Å².